The zero-order valence-corrected chi connectivity index (χ0v) is 9.52. The molecule has 2 heterocycles. The lowest BCUT2D eigenvalue weighted by Crippen LogP contribution is -2.53. The molecule has 1 aromatic rings. The van der Waals surface area contributed by atoms with Crippen molar-refractivity contribution in [2.45, 2.75) is 17.9 Å². The molecule has 0 bridgehead atoms. The molecule has 2 unspecified atom stereocenters. The summed E-state index contributed by atoms with van der Waals surface area (Å²) in [6, 6.07) is 10.1. The number of benzene rings is 1. The van der Waals surface area contributed by atoms with Gasteiger partial charge < -0.3 is 10.6 Å². The lowest BCUT2D eigenvalue weighted by atomic mass is 9.75. The molecule has 1 saturated heterocycles. The van der Waals surface area contributed by atoms with Gasteiger partial charge in [0.05, 0.1) is 6.34 Å². The maximum absolute atomic E-state index is 12.1. The van der Waals surface area contributed by atoms with Crippen molar-refractivity contribution in [1.82, 2.24) is 10.6 Å². The Morgan fingerprint density at radius 1 is 1.29 bits per heavy atom. The fraction of sp³-hybridized carbons (Fsp3) is 0.385. The first-order valence-corrected chi connectivity index (χ1v) is 5.93. The molecule has 4 nitrogen and oxygen atoms in total. The monoisotopic (exact) mass is 229 g/mol. The van der Waals surface area contributed by atoms with Gasteiger partial charge in [-0.2, -0.15) is 0 Å². The van der Waals surface area contributed by atoms with E-state index in [1.807, 2.05) is 18.2 Å². The minimum Gasteiger partial charge on any atom is -0.316 e. The van der Waals surface area contributed by atoms with Crippen LogP contribution >= 0.6 is 0 Å². The summed E-state index contributed by atoms with van der Waals surface area (Å²) in [4.78, 5) is 16.5. The molecule has 17 heavy (non-hydrogen) atoms. The zero-order valence-electron chi connectivity index (χ0n) is 9.52. The second kappa shape index (κ2) is 3.96. The van der Waals surface area contributed by atoms with Crippen molar-refractivity contribution in [3.63, 3.8) is 0 Å². The van der Waals surface area contributed by atoms with Gasteiger partial charge in [0.1, 0.15) is 0 Å². The second-order valence-corrected chi connectivity index (χ2v) is 4.57. The SMILES string of the molecule is O=C1NC=NC12CCNCC2c1ccccc1. The van der Waals surface area contributed by atoms with E-state index in [0.29, 0.717) is 0 Å². The van der Waals surface area contributed by atoms with Crippen LogP contribution in [0, 0.1) is 0 Å². The van der Waals surface area contributed by atoms with Gasteiger partial charge in [0, 0.05) is 12.5 Å². The van der Waals surface area contributed by atoms with Gasteiger partial charge >= 0.3 is 0 Å². The van der Waals surface area contributed by atoms with Crippen LogP contribution in [0.25, 0.3) is 0 Å². The Balaban J connectivity index is 2.02. The lowest BCUT2D eigenvalue weighted by Gasteiger charge is -2.37. The number of rotatable bonds is 1. The summed E-state index contributed by atoms with van der Waals surface area (Å²) in [5.74, 6) is 0.157. The summed E-state index contributed by atoms with van der Waals surface area (Å²) in [6.07, 6.45) is 2.30. The van der Waals surface area contributed by atoms with E-state index < -0.39 is 5.54 Å². The highest BCUT2D eigenvalue weighted by atomic mass is 16.2. The van der Waals surface area contributed by atoms with E-state index in [-0.39, 0.29) is 11.8 Å². The summed E-state index contributed by atoms with van der Waals surface area (Å²) >= 11 is 0. The molecule has 0 radical (unpaired) electrons. The van der Waals surface area contributed by atoms with Crippen molar-refractivity contribution in [3.05, 3.63) is 35.9 Å². The van der Waals surface area contributed by atoms with Crippen LogP contribution in [0.2, 0.25) is 0 Å². The number of piperidine rings is 1. The summed E-state index contributed by atoms with van der Waals surface area (Å²) in [5.41, 5.74) is 0.584. The number of carbonyl (C=O) groups excluding carboxylic acids is 1. The molecule has 1 aromatic carbocycles. The minimum absolute atomic E-state index is 0.0350. The molecule has 2 aliphatic heterocycles. The van der Waals surface area contributed by atoms with E-state index in [1.54, 1.807) is 6.34 Å². The zero-order chi connectivity index (χ0) is 11.7. The van der Waals surface area contributed by atoms with E-state index in [4.69, 9.17) is 0 Å². The standard InChI is InChI=1S/C13H15N3O/c17-12-13(16-9-15-12)6-7-14-8-11(13)10-4-2-1-3-5-10/h1-5,9,11,14H,6-8H2,(H,15,16,17). The Hall–Kier alpha value is -1.68. The largest absolute Gasteiger partial charge is 0.316 e. The van der Waals surface area contributed by atoms with Crippen molar-refractivity contribution >= 4 is 12.2 Å². The topological polar surface area (TPSA) is 53.5 Å². The van der Waals surface area contributed by atoms with Crippen molar-refractivity contribution < 1.29 is 4.79 Å². The number of aliphatic imine (C=N–C) groups is 1. The summed E-state index contributed by atoms with van der Waals surface area (Å²) in [5, 5.41) is 6.07. The Morgan fingerprint density at radius 2 is 2.12 bits per heavy atom. The van der Waals surface area contributed by atoms with E-state index in [9.17, 15) is 4.79 Å². The van der Waals surface area contributed by atoms with E-state index in [2.05, 4.69) is 27.8 Å². The maximum atomic E-state index is 12.1. The normalized spacial score (nSPS) is 31.8. The molecular weight excluding hydrogens is 214 g/mol. The van der Waals surface area contributed by atoms with Gasteiger partial charge in [0.25, 0.3) is 5.91 Å². The first-order chi connectivity index (χ1) is 8.33. The van der Waals surface area contributed by atoms with Crippen LogP contribution in [0.4, 0.5) is 0 Å². The maximum Gasteiger partial charge on any atom is 0.253 e. The van der Waals surface area contributed by atoms with Crippen LogP contribution in [0.3, 0.4) is 0 Å². The molecule has 1 spiro atoms. The van der Waals surface area contributed by atoms with E-state index in [1.165, 1.54) is 5.56 Å². The van der Waals surface area contributed by atoms with E-state index >= 15 is 0 Å². The van der Waals surface area contributed by atoms with Crippen LogP contribution in [-0.2, 0) is 4.79 Å². The first-order valence-electron chi connectivity index (χ1n) is 5.93. The number of carbonyl (C=O) groups is 1. The van der Waals surface area contributed by atoms with Gasteiger partial charge in [-0.15, -0.1) is 0 Å². The van der Waals surface area contributed by atoms with Crippen LogP contribution < -0.4 is 10.6 Å². The molecule has 1 amide bonds. The third-order valence-electron chi connectivity index (χ3n) is 3.69. The molecule has 0 aliphatic carbocycles. The Kier molecular flexibility index (Phi) is 2.44. The molecular formula is C13H15N3O. The fourth-order valence-corrected chi connectivity index (χ4v) is 2.76. The molecule has 2 atom stereocenters. The summed E-state index contributed by atoms with van der Waals surface area (Å²) in [6.45, 7) is 1.64. The quantitative estimate of drug-likeness (QED) is 0.743. The Morgan fingerprint density at radius 3 is 2.82 bits per heavy atom. The van der Waals surface area contributed by atoms with Crippen LogP contribution in [0.5, 0.6) is 0 Å². The van der Waals surface area contributed by atoms with Crippen molar-refractivity contribution in [2.24, 2.45) is 4.99 Å². The van der Waals surface area contributed by atoms with Crippen LogP contribution in [0.1, 0.15) is 17.9 Å². The first kappa shape index (κ1) is 10.5. The summed E-state index contributed by atoms with van der Waals surface area (Å²) in [7, 11) is 0. The average Bonchev–Trinajstić information content (AvgIpc) is 2.73. The Labute approximate surface area is 100 Å². The molecule has 0 saturated carbocycles. The molecule has 2 N–H and O–H groups in total. The van der Waals surface area contributed by atoms with Gasteiger partial charge in [-0.3, -0.25) is 9.79 Å². The van der Waals surface area contributed by atoms with Gasteiger partial charge in [-0.05, 0) is 18.5 Å². The molecule has 0 aromatic heterocycles. The van der Waals surface area contributed by atoms with Gasteiger partial charge in [-0.1, -0.05) is 30.3 Å². The highest BCUT2D eigenvalue weighted by Crippen LogP contribution is 2.37. The van der Waals surface area contributed by atoms with Crippen molar-refractivity contribution in [2.75, 3.05) is 13.1 Å². The number of nitrogens with one attached hydrogen (secondary N) is 2. The predicted octanol–water partition coefficient (Wildman–Crippen LogP) is 0.660. The molecule has 3 rings (SSSR count). The molecule has 88 valence electrons. The third-order valence-corrected chi connectivity index (χ3v) is 3.69. The van der Waals surface area contributed by atoms with Crippen molar-refractivity contribution in [1.29, 1.82) is 0 Å². The van der Waals surface area contributed by atoms with Crippen molar-refractivity contribution in [3.8, 4) is 0 Å². The molecule has 4 heteroatoms. The van der Waals surface area contributed by atoms with Crippen LogP contribution in [0.15, 0.2) is 35.3 Å². The van der Waals surface area contributed by atoms with Gasteiger partial charge in [0.2, 0.25) is 0 Å². The van der Waals surface area contributed by atoms with Crippen LogP contribution in [-0.4, -0.2) is 30.9 Å². The molecule has 1 fully saturated rings. The smallest absolute Gasteiger partial charge is 0.253 e. The highest BCUT2D eigenvalue weighted by Gasteiger charge is 2.49. The minimum atomic E-state index is -0.591. The number of hydrogen-bond donors (Lipinski definition) is 2. The van der Waals surface area contributed by atoms with Gasteiger partial charge in [-0.25, -0.2) is 0 Å². The number of amides is 1. The highest BCUT2D eigenvalue weighted by molar-refractivity contribution is 6.01. The second-order valence-electron chi connectivity index (χ2n) is 4.57. The predicted molar refractivity (Wildman–Crippen MR) is 66.0 cm³/mol. The number of nitrogens with zero attached hydrogens (tertiary/aromatic N) is 1. The Bertz CT molecular complexity index is 457. The number of hydrogen-bond acceptors (Lipinski definition) is 3. The third kappa shape index (κ3) is 1.56. The lowest BCUT2D eigenvalue weighted by molar-refractivity contribution is -0.125. The fourth-order valence-electron chi connectivity index (χ4n) is 2.76. The van der Waals surface area contributed by atoms with E-state index in [0.717, 1.165) is 19.5 Å². The summed E-state index contributed by atoms with van der Waals surface area (Å²) < 4.78 is 0. The average molecular weight is 229 g/mol. The van der Waals surface area contributed by atoms with Gasteiger partial charge in [0.15, 0.2) is 5.54 Å². The molecule has 2 aliphatic rings.